The van der Waals surface area contributed by atoms with Crippen LogP contribution in [0.25, 0.3) is 22.2 Å². The Morgan fingerprint density at radius 3 is 2.60 bits per heavy atom. The number of carbonyl (C=O) groups is 1. The van der Waals surface area contributed by atoms with Gasteiger partial charge in [0, 0.05) is 29.6 Å². The first-order chi connectivity index (χ1) is 14.5. The molecule has 0 unspecified atom stereocenters. The molecule has 0 bridgehead atoms. The van der Waals surface area contributed by atoms with Crippen LogP contribution in [0.3, 0.4) is 0 Å². The normalized spacial score (nSPS) is 12.2. The Labute approximate surface area is 184 Å². The van der Waals surface area contributed by atoms with E-state index in [0.29, 0.717) is 17.9 Å². The molecule has 6 nitrogen and oxygen atoms in total. The van der Waals surface area contributed by atoms with E-state index in [1.165, 1.54) is 0 Å². The van der Waals surface area contributed by atoms with Crippen LogP contribution in [0.5, 0.6) is 5.75 Å². The van der Waals surface area contributed by atoms with Crippen molar-refractivity contribution >= 4 is 32.7 Å². The SMILES string of the molecule is CCOc1cccc(-c2cc(C(=O)N[C@@H](C)C(OC)OC)c3cc(Br)ccc3n2)c1. The first-order valence-corrected chi connectivity index (χ1v) is 10.5. The van der Waals surface area contributed by atoms with Gasteiger partial charge in [-0.15, -0.1) is 0 Å². The van der Waals surface area contributed by atoms with Gasteiger partial charge in [0.1, 0.15) is 5.75 Å². The summed E-state index contributed by atoms with van der Waals surface area (Å²) >= 11 is 3.49. The molecule has 30 heavy (non-hydrogen) atoms. The molecule has 0 saturated heterocycles. The smallest absolute Gasteiger partial charge is 0.252 e. The predicted molar refractivity (Wildman–Crippen MR) is 121 cm³/mol. The Morgan fingerprint density at radius 1 is 1.13 bits per heavy atom. The molecule has 2 aromatic carbocycles. The summed E-state index contributed by atoms with van der Waals surface area (Å²) in [4.78, 5) is 18.0. The van der Waals surface area contributed by atoms with Crippen LogP contribution >= 0.6 is 15.9 Å². The first-order valence-electron chi connectivity index (χ1n) is 9.66. The molecule has 1 aromatic heterocycles. The van der Waals surface area contributed by atoms with Gasteiger partial charge >= 0.3 is 0 Å². The van der Waals surface area contributed by atoms with Crippen LogP contribution in [0.2, 0.25) is 0 Å². The fraction of sp³-hybridized carbons (Fsp3) is 0.304. The van der Waals surface area contributed by atoms with Gasteiger partial charge in [0.25, 0.3) is 5.91 Å². The molecule has 0 aliphatic heterocycles. The molecule has 1 N–H and O–H groups in total. The molecular formula is C23H25BrN2O4. The summed E-state index contributed by atoms with van der Waals surface area (Å²) in [5.41, 5.74) is 2.82. The fourth-order valence-electron chi connectivity index (χ4n) is 3.30. The number of nitrogens with one attached hydrogen (secondary N) is 1. The number of pyridine rings is 1. The van der Waals surface area contributed by atoms with Gasteiger partial charge in [-0.1, -0.05) is 28.1 Å². The van der Waals surface area contributed by atoms with E-state index in [9.17, 15) is 4.79 Å². The van der Waals surface area contributed by atoms with Crippen molar-refractivity contribution in [2.24, 2.45) is 0 Å². The second-order valence-corrected chi connectivity index (χ2v) is 7.69. The number of ether oxygens (including phenoxy) is 3. The Balaban J connectivity index is 2.07. The number of amides is 1. The maximum Gasteiger partial charge on any atom is 0.252 e. The monoisotopic (exact) mass is 472 g/mol. The molecule has 0 aliphatic carbocycles. The lowest BCUT2D eigenvalue weighted by molar-refractivity contribution is -0.117. The van der Waals surface area contributed by atoms with Gasteiger partial charge in [-0.25, -0.2) is 4.98 Å². The van der Waals surface area contributed by atoms with Crippen molar-refractivity contribution in [3.8, 4) is 17.0 Å². The van der Waals surface area contributed by atoms with E-state index in [4.69, 9.17) is 19.2 Å². The Kier molecular flexibility index (Phi) is 7.42. The van der Waals surface area contributed by atoms with E-state index < -0.39 is 6.29 Å². The van der Waals surface area contributed by atoms with E-state index in [2.05, 4.69) is 21.2 Å². The molecule has 1 heterocycles. The van der Waals surface area contributed by atoms with Gasteiger partial charge < -0.3 is 19.5 Å². The number of benzene rings is 2. The van der Waals surface area contributed by atoms with Gasteiger partial charge in [0.2, 0.25) is 0 Å². The summed E-state index contributed by atoms with van der Waals surface area (Å²) in [7, 11) is 3.08. The predicted octanol–water partition coefficient (Wildman–Crippen LogP) is 4.80. The third-order valence-corrected chi connectivity index (χ3v) is 5.18. The average Bonchev–Trinajstić information content (AvgIpc) is 2.74. The molecule has 0 radical (unpaired) electrons. The summed E-state index contributed by atoms with van der Waals surface area (Å²) in [6.45, 7) is 4.35. The third-order valence-electron chi connectivity index (χ3n) is 4.69. The van der Waals surface area contributed by atoms with Crippen molar-refractivity contribution in [1.29, 1.82) is 0 Å². The highest BCUT2D eigenvalue weighted by atomic mass is 79.9. The molecule has 0 fully saturated rings. The summed E-state index contributed by atoms with van der Waals surface area (Å²) < 4.78 is 17.0. The average molecular weight is 473 g/mol. The zero-order chi connectivity index (χ0) is 21.7. The topological polar surface area (TPSA) is 69.7 Å². The van der Waals surface area contributed by atoms with Gasteiger partial charge in [0.15, 0.2) is 6.29 Å². The maximum atomic E-state index is 13.2. The number of hydrogen-bond donors (Lipinski definition) is 1. The minimum absolute atomic E-state index is 0.227. The summed E-state index contributed by atoms with van der Waals surface area (Å²) in [5, 5.41) is 3.72. The van der Waals surface area contributed by atoms with E-state index in [1.54, 1.807) is 20.3 Å². The standard InChI is InChI=1S/C23H25BrN2O4/c1-5-30-17-8-6-7-15(11-17)21-13-19(18-12-16(24)9-10-20(18)26-21)22(27)25-14(2)23(28-3)29-4/h6-14,23H,5H2,1-4H3,(H,25,27)/t14-/m0/s1. The van der Waals surface area contributed by atoms with Crippen molar-refractivity contribution in [3.63, 3.8) is 0 Å². The quantitative estimate of drug-likeness (QED) is 0.476. The van der Waals surface area contributed by atoms with Crippen LogP contribution in [0.1, 0.15) is 24.2 Å². The van der Waals surface area contributed by atoms with Crippen LogP contribution in [0, 0.1) is 0 Å². The number of rotatable bonds is 8. The minimum Gasteiger partial charge on any atom is -0.494 e. The Bertz CT molecular complexity index is 1040. The Morgan fingerprint density at radius 2 is 1.90 bits per heavy atom. The second-order valence-electron chi connectivity index (χ2n) is 6.78. The molecule has 7 heteroatoms. The third kappa shape index (κ3) is 4.98. The van der Waals surface area contributed by atoms with Crippen molar-refractivity contribution in [3.05, 3.63) is 58.6 Å². The molecule has 0 spiro atoms. The van der Waals surface area contributed by atoms with Crippen molar-refractivity contribution in [2.45, 2.75) is 26.2 Å². The molecule has 3 rings (SSSR count). The molecule has 0 aliphatic rings. The van der Waals surface area contributed by atoms with E-state index >= 15 is 0 Å². The lowest BCUT2D eigenvalue weighted by atomic mass is 10.0. The van der Waals surface area contributed by atoms with Crippen molar-refractivity contribution < 1.29 is 19.0 Å². The first kappa shape index (κ1) is 22.2. The number of aromatic nitrogens is 1. The van der Waals surface area contributed by atoms with Gasteiger partial charge in [-0.05, 0) is 50.2 Å². The number of carbonyl (C=O) groups excluding carboxylic acids is 1. The minimum atomic E-state index is -0.545. The lowest BCUT2D eigenvalue weighted by Crippen LogP contribution is -2.43. The van der Waals surface area contributed by atoms with E-state index in [-0.39, 0.29) is 11.9 Å². The fourth-order valence-corrected chi connectivity index (χ4v) is 3.66. The molecule has 3 aromatic rings. The second kappa shape index (κ2) is 10.0. The highest BCUT2D eigenvalue weighted by Crippen LogP contribution is 2.29. The van der Waals surface area contributed by atoms with Crippen LogP contribution < -0.4 is 10.1 Å². The van der Waals surface area contributed by atoms with Crippen LogP contribution in [0.4, 0.5) is 0 Å². The maximum absolute atomic E-state index is 13.2. The zero-order valence-corrected chi connectivity index (χ0v) is 19.0. The zero-order valence-electron chi connectivity index (χ0n) is 17.4. The van der Waals surface area contributed by atoms with Crippen LogP contribution in [-0.4, -0.2) is 44.0 Å². The lowest BCUT2D eigenvalue weighted by Gasteiger charge is -2.22. The van der Waals surface area contributed by atoms with Gasteiger partial charge in [0.05, 0.1) is 29.4 Å². The summed E-state index contributed by atoms with van der Waals surface area (Å²) in [5.74, 6) is 0.532. The summed E-state index contributed by atoms with van der Waals surface area (Å²) in [6, 6.07) is 14.8. The highest BCUT2D eigenvalue weighted by molar-refractivity contribution is 9.10. The number of nitrogens with zero attached hydrogens (tertiary/aromatic N) is 1. The van der Waals surface area contributed by atoms with Gasteiger partial charge in [-0.3, -0.25) is 4.79 Å². The van der Waals surface area contributed by atoms with Crippen molar-refractivity contribution in [1.82, 2.24) is 10.3 Å². The molecule has 1 atom stereocenters. The highest BCUT2D eigenvalue weighted by Gasteiger charge is 2.21. The van der Waals surface area contributed by atoms with E-state index in [1.807, 2.05) is 56.3 Å². The largest absolute Gasteiger partial charge is 0.494 e. The molecular weight excluding hydrogens is 448 g/mol. The number of hydrogen-bond acceptors (Lipinski definition) is 5. The molecule has 158 valence electrons. The van der Waals surface area contributed by atoms with Crippen LogP contribution in [-0.2, 0) is 9.47 Å². The van der Waals surface area contributed by atoms with Gasteiger partial charge in [-0.2, -0.15) is 0 Å². The number of fused-ring (bicyclic) bond motifs is 1. The Hall–Kier alpha value is -2.48. The van der Waals surface area contributed by atoms with E-state index in [0.717, 1.165) is 26.7 Å². The number of methoxy groups -OCH3 is 2. The van der Waals surface area contributed by atoms with Crippen molar-refractivity contribution in [2.75, 3.05) is 20.8 Å². The summed E-state index contributed by atoms with van der Waals surface area (Å²) in [6.07, 6.45) is -0.545. The molecule has 0 saturated carbocycles. The molecule has 1 amide bonds. The number of halogens is 1. The van der Waals surface area contributed by atoms with Crippen LogP contribution in [0.15, 0.2) is 53.0 Å².